The van der Waals surface area contributed by atoms with Gasteiger partial charge in [-0.2, -0.15) is 0 Å². The van der Waals surface area contributed by atoms with Crippen molar-refractivity contribution in [2.24, 2.45) is 0 Å². The van der Waals surface area contributed by atoms with Crippen LogP contribution in [0.5, 0.6) is 5.75 Å². The standard InChI is InChI=1S/C14H14FNO3S/c15-13-6-1-2-7-14(13)20(17,18)9-8-19-12-5-3-4-11(16)10-12/h1-7,10H,8-9,16H2. The molecule has 4 nitrogen and oxygen atoms in total. The van der Waals surface area contributed by atoms with Crippen molar-refractivity contribution in [2.75, 3.05) is 18.1 Å². The third kappa shape index (κ3) is 3.48. The molecular formula is C14H14FNO3S. The van der Waals surface area contributed by atoms with Gasteiger partial charge in [0.15, 0.2) is 9.84 Å². The summed E-state index contributed by atoms with van der Waals surface area (Å²) in [5.41, 5.74) is 6.11. The lowest BCUT2D eigenvalue weighted by molar-refractivity contribution is 0.341. The summed E-state index contributed by atoms with van der Waals surface area (Å²) in [7, 11) is -3.70. The fourth-order valence-electron chi connectivity index (χ4n) is 1.68. The average Bonchev–Trinajstić information content (AvgIpc) is 2.39. The normalized spacial score (nSPS) is 11.2. The van der Waals surface area contributed by atoms with Gasteiger partial charge in [-0.25, -0.2) is 12.8 Å². The molecule has 0 amide bonds. The molecule has 0 spiro atoms. The van der Waals surface area contributed by atoms with E-state index in [9.17, 15) is 12.8 Å². The average molecular weight is 295 g/mol. The van der Waals surface area contributed by atoms with Crippen LogP contribution in [0, 0.1) is 5.82 Å². The number of halogens is 1. The number of rotatable bonds is 5. The van der Waals surface area contributed by atoms with Gasteiger partial charge in [-0.1, -0.05) is 18.2 Å². The van der Waals surface area contributed by atoms with Crippen LogP contribution in [-0.4, -0.2) is 20.8 Å². The lowest BCUT2D eigenvalue weighted by atomic mass is 10.3. The van der Waals surface area contributed by atoms with Crippen LogP contribution in [0.3, 0.4) is 0 Å². The maximum atomic E-state index is 13.5. The van der Waals surface area contributed by atoms with Gasteiger partial charge in [0, 0.05) is 11.8 Å². The first-order valence-electron chi connectivity index (χ1n) is 5.95. The van der Waals surface area contributed by atoms with E-state index in [1.54, 1.807) is 24.3 Å². The van der Waals surface area contributed by atoms with Crippen LogP contribution in [0.1, 0.15) is 0 Å². The maximum Gasteiger partial charge on any atom is 0.184 e. The Bertz CT molecular complexity index is 701. The second-order valence-electron chi connectivity index (χ2n) is 4.17. The number of hydrogen-bond donors (Lipinski definition) is 1. The molecule has 2 aromatic carbocycles. The summed E-state index contributed by atoms with van der Waals surface area (Å²) in [6.07, 6.45) is 0. The summed E-state index contributed by atoms with van der Waals surface area (Å²) >= 11 is 0. The molecule has 0 aliphatic carbocycles. The molecule has 2 N–H and O–H groups in total. The minimum absolute atomic E-state index is 0.0693. The Balaban J connectivity index is 2.02. The topological polar surface area (TPSA) is 69.4 Å². The van der Waals surface area contributed by atoms with Crippen LogP contribution in [0.4, 0.5) is 10.1 Å². The van der Waals surface area contributed by atoms with E-state index in [4.69, 9.17) is 10.5 Å². The molecule has 0 aromatic heterocycles. The summed E-state index contributed by atoms with van der Waals surface area (Å²) in [5.74, 6) is -0.576. The van der Waals surface area contributed by atoms with Gasteiger partial charge in [0.25, 0.3) is 0 Å². The number of benzene rings is 2. The Labute approximate surface area is 116 Å². The molecule has 106 valence electrons. The van der Waals surface area contributed by atoms with E-state index in [1.807, 2.05) is 0 Å². The SMILES string of the molecule is Nc1cccc(OCCS(=O)(=O)c2ccccc2F)c1. The van der Waals surface area contributed by atoms with Gasteiger partial charge in [-0.15, -0.1) is 0 Å². The van der Waals surface area contributed by atoms with Crippen molar-refractivity contribution < 1.29 is 17.5 Å². The Morgan fingerprint density at radius 1 is 1.10 bits per heavy atom. The number of anilines is 1. The third-order valence-electron chi connectivity index (χ3n) is 2.65. The van der Waals surface area contributed by atoms with Gasteiger partial charge in [-0.05, 0) is 24.3 Å². The van der Waals surface area contributed by atoms with Gasteiger partial charge in [-0.3, -0.25) is 0 Å². The fourth-order valence-corrected chi connectivity index (χ4v) is 2.85. The third-order valence-corrected chi connectivity index (χ3v) is 4.36. The van der Waals surface area contributed by atoms with E-state index < -0.39 is 15.7 Å². The van der Waals surface area contributed by atoms with Gasteiger partial charge >= 0.3 is 0 Å². The minimum atomic E-state index is -3.70. The molecule has 0 saturated carbocycles. The highest BCUT2D eigenvalue weighted by Gasteiger charge is 2.18. The monoisotopic (exact) mass is 295 g/mol. The number of hydrogen-bond acceptors (Lipinski definition) is 4. The number of nitrogen functional groups attached to an aromatic ring is 1. The summed E-state index contributed by atoms with van der Waals surface area (Å²) in [4.78, 5) is -0.309. The van der Waals surface area contributed by atoms with Crippen LogP contribution in [-0.2, 0) is 9.84 Å². The minimum Gasteiger partial charge on any atom is -0.492 e. The van der Waals surface area contributed by atoms with Crippen molar-refractivity contribution in [3.63, 3.8) is 0 Å². The molecule has 2 rings (SSSR count). The molecule has 0 radical (unpaired) electrons. The van der Waals surface area contributed by atoms with E-state index in [0.717, 1.165) is 6.07 Å². The first-order valence-corrected chi connectivity index (χ1v) is 7.60. The highest BCUT2D eigenvalue weighted by molar-refractivity contribution is 7.91. The van der Waals surface area contributed by atoms with Crippen LogP contribution in [0.25, 0.3) is 0 Å². The Hall–Kier alpha value is -2.08. The molecule has 0 aliphatic rings. The Morgan fingerprint density at radius 3 is 2.55 bits per heavy atom. The molecule has 0 fully saturated rings. The predicted octanol–water partition coefficient (Wildman–Crippen LogP) is 2.26. The van der Waals surface area contributed by atoms with Gasteiger partial charge < -0.3 is 10.5 Å². The molecule has 0 saturated heterocycles. The molecule has 0 bridgehead atoms. The molecule has 0 heterocycles. The van der Waals surface area contributed by atoms with Crippen molar-refractivity contribution in [3.05, 3.63) is 54.3 Å². The Kier molecular flexibility index (Phi) is 4.24. The highest BCUT2D eigenvalue weighted by atomic mass is 32.2. The molecule has 20 heavy (non-hydrogen) atoms. The Morgan fingerprint density at radius 2 is 1.85 bits per heavy atom. The smallest absolute Gasteiger partial charge is 0.184 e. The van der Waals surface area contributed by atoms with Gasteiger partial charge in [0.1, 0.15) is 23.1 Å². The van der Waals surface area contributed by atoms with E-state index >= 15 is 0 Å². The maximum absolute atomic E-state index is 13.5. The second-order valence-corrected chi connectivity index (χ2v) is 6.25. The molecule has 0 unspecified atom stereocenters. The van der Waals surface area contributed by atoms with E-state index in [2.05, 4.69) is 0 Å². The van der Waals surface area contributed by atoms with E-state index in [-0.39, 0.29) is 17.3 Å². The van der Waals surface area contributed by atoms with Crippen LogP contribution in [0.15, 0.2) is 53.4 Å². The molecule has 2 aromatic rings. The molecule has 0 aliphatic heterocycles. The van der Waals surface area contributed by atoms with E-state index in [0.29, 0.717) is 11.4 Å². The van der Waals surface area contributed by atoms with Crippen LogP contribution >= 0.6 is 0 Å². The molecular weight excluding hydrogens is 281 g/mol. The van der Waals surface area contributed by atoms with Crippen molar-refractivity contribution in [3.8, 4) is 5.75 Å². The first-order chi connectivity index (χ1) is 9.49. The molecule has 0 atom stereocenters. The quantitative estimate of drug-likeness (QED) is 0.859. The summed E-state index contributed by atoms with van der Waals surface area (Å²) < 4.78 is 42.7. The zero-order valence-electron chi connectivity index (χ0n) is 10.6. The molecule has 6 heteroatoms. The lowest BCUT2D eigenvalue weighted by Gasteiger charge is -2.08. The van der Waals surface area contributed by atoms with Crippen molar-refractivity contribution in [2.45, 2.75) is 4.90 Å². The zero-order chi connectivity index (χ0) is 14.6. The van der Waals surface area contributed by atoms with E-state index in [1.165, 1.54) is 18.2 Å². The van der Waals surface area contributed by atoms with Crippen molar-refractivity contribution >= 4 is 15.5 Å². The first kappa shape index (κ1) is 14.3. The second kappa shape index (κ2) is 5.92. The number of ether oxygens (including phenoxy) is 1. The summed E-state index contributed by atoms with van der Waals surface area (Å²) in [6.45, 7) is -0.0693. The van der Waals surface area contributed by atoms with Gasteiger partial charge in [0.2, 0.25) is 0 Å². The largest absolute Gasteiger partial charge is 0.492 e. The van der Waals surface area contributed by atoms with Crippen LogP contribution < -0.4 is 10.5 Å². The highest BCUT2D eigenvalue weighted by Crippen LogP contribution is 2.17. The number of sulfone groups is 1. The van der Waals surface area contributed by atoms with Gasteiger partial charge in [0.05, 0.1) is 5.75 Å². The van der Waals surface area contributed by atoms with Crippen molar-refractivity contribution in [1.29, 1.82) is 0 Å². The zero-order valence-corrected chi connectivity index (χ0v) is 11.4. The summed E-state index contributed by atoms with van der Waals surface area (Å²) in [5, 5.41) is 0. The predicted molar refractivity (Wildman–Crippen MR) is 74.8 cm³/mol. The number of nitrogens with two attached hydrogens (primary N) is 1. The summed E-state index contributed by atoms with van der Waals surface area (Å²) in [6, 6.07) is 11.9. The fraction of sp³-hybridized carbons (Fsp3) is 0.143. The van der Waals surface area contributed by atoms with Crippen molar-refractivity contribution in [1.82, 2.24) is 0 Å². The van der Waals surface area contributed by atoms with Crippen LogP contribution in [0.2, 0.25) is 0 Å². The lowest BCUT2D eigenvalue weighted by Crippen LogP contribution is -2.15.